The number of sulfone groups is 1. The van der Waals surface area contributed by atoms with Crippen molar-refractivity contribution in [2.75, 3.05) is 11.7 Å². The Morgan fingerprint density at radius 3 is 2.57 bits per heavy atom. The Hall–Kier alpha value is -3.79. The van der Waals surface area contributed by atoms with Gasteiger partial charge in [0.15, 0.2) is 21.4 Å². The summed E-state index contributed by atoms with van der Waals surface area (Å²) in [5.41, 5.74) is 3.49. The molecule has 1 amide bonds. The normalized spacial score (nSPS) is 11.4. The van der Waals surface area contributed by atoms with Crippen molar-refractivity contribution in [3.63, 3.8) is 0 Å². The molecule has 0 aliphatic heterocycles. The van der Waals surface area contributed by atoms with Gasteiger partial charge < -0.3 is 4.74 Å². The molecule has 2 aromatic carbocycles. The van der Waals surface area contributed by atoms with Crippen molar-refractivity contribution in [1.29, 1.82) is 0 Å². The van der Waals surface area contributed by atoms with Crippen molar-refractivity contribution in [2.24, 2.45) is 0 Å². The smallest absolute Gasteiger partial charge is 0.406 e. The lowest BCUT2D eigenvalue weighted by Gasteiger charge is -2.09. The Balaban J connectivity index is 1.50. The predicted octanol–water partition coefficient (Wildman–Crippen LogP) is 3.38. The summed E-state index contributed by atoms with van der Waals surface area (Å²) in [6.07, 6.45) is 4.45. The van der Waals surface area contributed by atoms with Gasteiger partial charge >= 0.3 is 6.09 Å². The van der Waals surface area contributed by atoms with Crippen LogP contribution in [-0.4, -0.2) is 35.4 Å². The monoisotopic (exact) mass is 426 g/mol. The molecule has 4 rings (SSSR count). The van der Waals surface area contributed by atoms with E-state index in [0.717, 1.165) is 11.6 Å². The zero-order valence-electron chi connectivity index (χ0n) is 15.6. The number of carbonyl (C=O) groups is 1. The lowest BCUT2D eigenvalue weighted by Crippen LogP contribution is -2.25. The summed E-state index contributed by atoms with van der Waals surface area (Å²) in [7, 11) is -3.39. The van der Waals surface area contributed by atoms with Crippen LogP contribution in [0.5, 0.6) is 5.75 Å². The van der Waals surface area contributed by atoms with Crippen LogP contribution < -0.4 is 10.2 Å². The molecule has 0 radical (unpaired) electrons. The maximum atomic E-state index is 13.3. The molecule has 2 aromatic heterocycles. The van der Waals surface area contributed by atoms with Gasteiger partial charge in [-0.25, -0.2) is 33.0 Å². The van der Waals surface area contributed by atoms with Crippen LogP contribution in [0.1, 0.15) is 0 Å². The lowest BCUT2D eigenvalue weighted by atomic mass is 10.2. The van der Waals surface area contributed by atoms with Crippen LogP contribution in [0.2, 0.25) is 0 Å². The van der Waals surface area contributed by atoms with Gasteiger partial charge in [-0.2, -0.15) is 0 Å². The van der Waals surface area contributed by atoms with Crippen LogP contribution in [0.15, 0.2) is 72.0 Å². The number of rotatable bonds is 4. The van der Waals surface area contributed by atoms with E-state index in [4.69, 9.17) is 4.74 Å². The molecule has 0 saturated heterocycles. The summed E-state index contributed by atoms with van der Waals surface area (Å²) in [4.78, 5) is 20.5. The number of aromatic nitrogens is 3. The van der Waals surface area contributed by atoms with E-state index in [0.29, 0.717) is 11.1 Å². The van der Waals surface area contributed by atoms with Gasteiger partial charge in [0.1, 0.15) is 5.82 Å². The fourth-order valence-electron chi connectivity index (χ4n) is 2.81. The highest BCUT2D eigenvalue weighted by atomic mass is 32.2. The summed E-state index contributed by atoms with van der Waals surface area (Å²) in [6, 6.07) is 12.1. The molecule has 152 valence electrons. The highest BCUT2D eigenvalue weighted by Crippen LogP contribution is 2.20. The standard InChI is InChI=1S/C20H15FN4O4S/c1-30(27,28)17-6-5-13-7-8-25(18(13)10-17)24-20(26)29-16-11-22-19(23-12-16)14-3-2-4-15(21)9-14/h2-12H,1H3,(H,24,26). The van der Waals surface area contributed by atoms with Crippen molar-refractivity contribution >= 4 is 26.8 Å². The minimum Gasteiger partial charge on any atom is -0.406 e. The first kappa shape index (κ1) is 19.5. The molecule has 4 aromatic rings. The Morgan fingerprint density at radius 2 is 1.87 bits per heavy atom. The number of nitrogens with one attached hydrogen (secondary N) is 1. The van der Waals surface area contributed by atoms with Gasteiger partial charge in [-0.3, -0.25) is 4.68 Å². The number of hydrogen-bond donors (Lipinski definition) is 1. The molecular formula is C20H15FN4O4S. The van der Waals surface area contributed by atoms with Gasteiger partial charge in [-0.15, -0.1) is 0 Å². The van der Waals surface area contributed by atoms with E-state index >= 15 is 0 Å². The third-order valence-electron chi connectivity index (χ3n) is 4.23. The number of halogens is 1. The molecule has 0 saturated carbocycles. The maximum Gasteiger partial charge on any atom is 0.432 e. The highest BCUT2D eigenvalue weighted by Gasteiger charge is 2.12. The van der Waals surface area contributed by atoms with Crippen LogP contribution in [0.3, 0.4) is 0 Å². The number of carbonyl (C=O) groups excluding carboxylic acids is 1. The van der Waals surface area contributed by atoms with E-state index in [1.54, 1.807) is 30.5 Å². The zero-order chi connectivity index (χ0) is 21.3. The summed E-state index contributed by atoms with van der Waals surface area (Å²) in [5.74, 6) is -0.0401. The molecule has 2 heterocycles. The number of benzene rings is 2. The van der Waals surface area contributed by atoms with Gasteiger partial charge in [0.2, 0.25) is 0 Å². The quantitative estimate of drug-likeness (QED) is 0.537. The number of hydrogen-bond acceptors (Lipinski definition) is 6. The van der Waals surface area contributed by atoms with E-state index in [2.05, 4.69) is 15.4 Å². The van der Waals surface area contributed by atoms with E-state index in [-0.39, 0.29) is 16.5 Å². The largest absolute Gasteiger partial charge is 0.432 e. The summed E-state index contributed by atoms with van der Waals surface area (Å²) in [6.45, 7) is 0. The second kappa shape index (κ2) is 7.56. The SMILES string of the molecule is CS(=O)(=O)c1ccc2ccn(NC(=O)Oc3cnc(-c4cccc(F)c4)nc3)c2c1. The molecule has 8 nitrogen and oxygen atoms in total. The Labute approximate surface area is 170 Å². The summed E-state index contributed by atoms with van der Waals surface area (Å²) < 4.78 is 43.4. The number of ether oxygens (including phenoxy) is 1. The third-order valence-corrected chi connectivity index (χ3v) is 5.34. The van der Waals surface area contributed by atoms with Gasteiger partial charge in [0.05, 0.1) is 22.8 Å². The molecule has 0 fully saturated rings. The van der Waals surface area contributed by atoms with Gasteiger partial charge in [-0.05, 0) is 30.3 Å². The molecule has 30 heavy (non-hydrogen) atoms. The first-order chi connectivity index (χ1) is 14.3. The molecular weight excluding hydrogens is 411 g/mol. The molecule has 10 heteroatoms. The summed E-state index contributed by atoms with van der Waals surface area (Å²) in [5, 5.41) is 0.741. The minimum atomic E-state index is -3.39. The van der Waals surface area contributed by atoms with Gasteiger partial charge in [0.25, 0.3) is 0 Å². The van der Waals surface area contributed by atoms with E-state index in [1.165, 1.54) is 41.3 Å². The average Bonchev–Trinajstić information content (AvgIpc) is 3.10. The van der Waals surface area contributed by atoms with E-state index in [1.807, 2.05) is 0 Å². The fourth-order valence-corrected chi connectivity index (χ4v) is 3.45. The Kier molecular flexibility index (Phi) is 4.92. The maximum absolute atomic E-state index is 13.3. The van der Waals surface area contributed by atoms with Crippen molar-refractivity contribution in [3.8, 4) is 17.1 Å². The predicted molar refractivity (Wildman–Crippen MR) is 108 cm³/mol. The van der Waals surface area contributed by atoms with E-state index in [9.17, 15) is 17.6 Å². The van der Waals surface area contributed by atoms with Crippen molar-refractivity contribution in [3.05, 3.63) is 72.9 Å². The highest BCUT2D eigenvalue weighted by molar-refractivity contribution is 7.90. The number of nitrogens with zero attached hydrogens (tertiary/aromatic N) is 3. The topological polar surface area (TPSA) is 103 Å². The van der Waals surface area contributed by atoms with Crippen LogP contribution in [0.4, 0.5) is 9.18 Å². The van der Waals surface area contributed by atoms with Crippen LogP contribution in [-0.2, 0) is 9.84 Å². The number of amides is 1. The average molecular weight is 426 g/mol. The molecule has 0 aliphatic rings. The van der Waals surface area contributed by atoms with Crippen molar-refractivity contribution in [2.45, 2.75) is 4.90 Å². The molecule has 0 aliphatic carbocycles. The Morgan fingerprint density at radius 1 is 1.10 bits per heavy atom. The van der Waals surface area contributed by atoms with Gasteiger partial charge in [0, 0.05) is 23.4 Å². The zero-order valence-corrected chi connectivity index (χ0v) is 16.4. The van der Waals surface area contributed by atoms with Crippen molar-refractivity contribution in [1.82, 2.24) is 14.6 Å². The van der Waals surface area contributed by atoms with Crippen LogP contribution in [0.25, 0.3) is 22.3 Å². The second-order valence-electron chi connectivity index (χ2n) is 6.43. The first-order valence-electron chi connectivity index (χ1n) is 8.67. The van der Waals surface area contributed by atoms with Crippen LogP contribution >= 0.6 is 0 Å². The van der Waals surface area contributed by atoms with E-state index < -0.39 is 21.7 Å². The molecule has 1 N–H and O–H groups in total. The molecule has 0 unspecified atom stereocenters. The second-order valence-corrected chi connectivity index (χ2v) is 8.45. The minimum absolute atomic E-state index is 0.0842. The van der Waals surface area contributed by atoms with Crippen molar-refractivity contribution < 1.29 is 22.3 Å². The molecule has 0 spiro atoms. The number of fused-ring (bicyclic) bond motifs is 1. The molecule has 0 bridgehead atoms. The Bertz CT molecular complexity index is 1350. The van der Waals surface area contributed by atoms with Crippen LogP contribution in [0, 0.1) is 5.82 Å². The van der Waals surface area contributed by atoms with Gasteiger partial charge in [-0.1, -0.05) is 18.2 Å². The fraction of sp³-hybridized carbons (Fsp3) is 0.0500. The first-order valence-corrected chi connectivity index (χ1v) is 10.6. The lowest BCUT2D eigenvalue weighted by molar-refractivity contribution is 0.211. The summed E-state index contributed by atoms with van der Waals surface area (Å²) >= 11 is 0. The third kappa shape index (κ3) is 4.13. The molecule has 0 atom stereocenters.